The summed E-state index contributed by atoms with van der Waals surface area (Å²) in [7, 11) is 0. The van der Waals surface area contributed by atoms with E-state index >= 15 is 0 Å². The van der Waals surface area contributed by atoms with Gasteiger partial charge < -0.3 is 10.1 Å². The number of hydrogen-bond acceptors (Lipinski definition) is 2. The molecule has 2 aromatic carbocycles. The summed E-state index contributed by atoms with van der Waals surface area (Å²) in [5.41, 5.74) is 2.70. The zero-order valence-corrected chi connectivity index (χ0v) is 12.9. The minimum absolute atomic E-state index is 0.102. The van der Waals surface area contributed by atoms with Crippen LogP contribution in [0.5, 0.6) is 5.75 Å². The second kappa shape index (κ2) is 7.27. The first-order chi connectivity index (χ1) is 11.2. The maximum atomic E-state index is 13.4. The molecule has 4 heteroatoms. The SMILES string of the molecule is O=C(COc1ccccc1F)NCC1CCCc2ccccc21. The van der Waals surface area contributed by atoms with Crippen LogP contribution in [0.4, 0.5) is 4.39 Å². The molecule has 1 aliphatic rings. The largest absolute Gasteiger partial charge is 0.481 e. The summed E-state index contributed by atoms with van der Waals surface area (Å²) in [4.78, 5) is 11.9. The standard InChI is InChI=1S/C19H20FNO2/c20-17-10-3-4-11-18(17)23-13-19(22)21-12-15-8-5-7-14-6-1-2-9-16(14)15/h1-4,6,9-11,15H,5,7-8,12-13H2,(H,21,22). The van der Waals surface area contributed by atoms with E-state index in [9.17, 15) is 9.18 Å². The predicted molar refractivity (Wildman–Crippen MR) is 87.0 cm³/mol. The number of amides is 1. The fourth-order valence-corrected chi connectivity index (χ4v) is 3.06. The van der Waals surface area contributed by atoms with Crippen molar-refractivity contribution in [3.63, 3.8) is 0 Å². The van der Waals surface area contributed by atoms with Crippen molar-refractivity contribution in [3.8, 4) is 5.75 Å². The molecule has 0 aromatic heterocycles. The quantitative estimate of drug-likeness (QED) is 0.918. The van der Waals surface area contributed by atoms with E-state index in [2.05, 4.69) is 23.5 Å². The van der Waals surface area contributed by atoms with Gasteiger partial charge in [0.05, 0.1) is 0 Å². The molecule has 0 saturated carbocycles. The van der Waals surface area contributed by atoms with Gasteiger partial charge in [-0.3, -0.25) is 4.79 Å². The Morgan fingerprint density at radius 1 is 1.17 bits per heavy atom. The molecule has 0 fully saturated rings. The highest BCUT2D eigenvalue weighted by atomic mass is 19.1. The van der Waals surface area contributed by atoms with Crippen LogP contribution in [0.2, 0.25) is 0 Å². The Kier molecular flexibility index (Phi) is 4.91. The Bertz CT molecular complexity index is 687. The van der Waals surface area contributed by atoms with Crippen molar-refractivity contribution < 1.29 is 13.9 Å². The third-order valence-electron chi connectivity index (χ3n) is 4.23. The Morgan fingerprint density at radius 2 is 1.96 bits per heavy atom. The average Bonchev–Trinajstić information content (AvgIpc) is 2.59. The molecule has 3 nitrogen and oxygen atoms in total. The lowest BCUT2D eigenvalue weighted by Gasteiger charge is -2.25. The number of carbonyl (C=O) groups excluding carboxylic acids is 1. The lowest BCUT2D eigenvalue weighted by molar-refractivity contribution is -0.123. The van der Waals surface area contributed by atoms with Crippen molar-refractivity contribution in [2.24, 2.45) is 0 Å². The Balaban J connectivity index is 1.51. The third-order valence-corrected chi connectivity index (χ3v) is 4.23. The highest BCUT2D eigenvalue weighted by Gasteiger charge is 2.20. The van der Waals surface area contributed by atoms with Gasteiger partial charge in [0.2, 0.25) is 0 Å². The molecule has 0 heterocycles. The Labute approximate surface area is 135 Å². The molecule has 3 rings (SSSR count). The summed E-state index contributed by atoms with van der Waals surface area (Å²) in [5.74, 6) is -0.235. The van der Waals surface area contributed by atoms with Gasteiger partial charge in [0.25, 0.3) is 5.91 Å². The van der Waals surface area contributed by atoms with E-state index in [0.717, 1.165) is 19.3 Å². The van der Waals surface area contributed by atoms with Gasteiger partial charge in [-0.25, -0.2) is 4.39 Å². The number of fused-ring (bicyclic) bond motifs is 1. The number of nitrogens with one attached hydrogen (secondary N) is 1. The normalized spacial score (nSPS) is 16.5. The molecular formula is C19H20FNO2. The average molecular weight is 313 g/mol. The number of hydrogen-bond donors (Lipinski definition) is 1. The number of para-hydroxylation sites is 1. The van der Waals surface area contributed by atoms with E-state index in [0.29, 0.717) is 12.5 Å². The van der Waals surface area contributed by atoms with Gasteiger partial charge in [-0.1, -0.05) is 36.4 Å². The van der Waals surface area contributed by atoms with Crippen molar-refractivity contribution in [2.75, 3.05) is 13.2 Å². The number of rotatable bonds is 5. The Hall–Kier alpha value is -2.36. The third kappa shape index (κ3) is 3.89. The van der Waals surface area contributed by atoms with Crippen molar-refractivity contribution in [1.29, 1.82) is 0 Å². The van der Waals surface area contributed by atoms with Crippen LogP contribution in [-0.4, -0.2) is 19.1 Å². The first kappa shape index (κ1) is 15.5. The molecule has 23 heavy (non-hydrogen) atoms. The molecule has 0 aliphatic heterocycles. The molecule has 1 atom stereocenters. The summed E-state index contributed by atoms with van der Waals surface area (Å²) in [6, 6.07) is 14.5. The summed E-state index contributed by atoms with van der Waals surface area (Å²) < 4.78 is 18.6. The van der Waals surface area contributed by atoms with Crippen LogP contribution in [0.15, 0.2) is 48.5 Å². The molecule has 120 valence electrons. The van der Waals surface area contributed by atoms with Crippen molar-refractivity contribution in [3.05, 3.63) is 65.5 Å². The summed E-state index contributed by atoms with van der Waals surface area (Å²) in [6.45, 7) is 0.422. The van der Waals surface area contributed by atoms with Crippen LogP contribution in [-0.2, 0) is 11.2 Å². The van der Waals surface area contributed by atoms with E-state index < -0.39 is 5.82 Å². The van der Waals surface area contributed by atoms with Crippen molar-refractivity contribution in [2.45, 2.75) is 25.2 Å². The van der Waals surface area contributed by atoms with Crippen molar-refractivity contribution >= 4 is 5.91 Å². The summed E-state index contributed by atoms with van der Waals surface area (Å²) in [5, 5.41) is 2.90. The second-order valence-corrected chi connectivity index (χ2v) is 5.81. The Morgan fingerprint density at radius 3 is 2.83 bits per heavy atom. The van der Waals surface area contributed by atoms with Crippen LogP contribution in [0, 0.1) is 5.82 Å². The van der Waals surface area contributed by atoms with Gasteiger partial charge in [0.1, 0.15) is 0 Å². The van der Waals surface area contributed by atoms with Crippen LogP contribution in [0.25, 0.3) is 0 Å². The fourth-order valence-electron chi connectivity index (χ4n) is 3.06. The van der Waals surface area contributed by atoms with Gasteiger partial charge in [-0.05, 0) is 42.5 Å². The number of benzene rings is 2. The predicted octanol–water partition coefficient (Wildman–Crippen LogP) is 3.44. The minimum atomic E-state index is -0.457. The summed E-state index contributed by atoms with van der Waals surface area (Å²) >= 11 is 0. The van der Waals surface area contributed by atoms with Crippen molar-refractivity contribution in [1.82, 2.24) is 5.32 Å². The molecule has 1 aliphatic carbocycles. The number of aryl methyl sites for hydroxylation is 1. The van der Waals surface area contributed by atoms with Crippen LogP contribution < -0.4 is 10.1 Å². The first-order valence-corrected chi connectivity index (χ1v) is 7.96. The van der Waals surface area contributed by atoms with Gasteiger partial charge in [0, 0.05) is 12.5 Å². The lowest BCUT2D eigenvalue weighted by Crippen LogP contribution is -2.33. The maximum absolute atomic E-state index is 13.4. The second-order valence-electron chi connectivity index (χ2n) is 5.81. The highest BCUT2D eigenvalue weighted by Crippen LogP contribution is 2.30. The molecule has 1 N–H and O–H groups in total. The minimum Gasteiger partial charge on any atom is -0.481 e. The smallest absolute Gasteiger partial charge is 0.257 e. The number of ether oxygens (including phenoxy) is 1. The van der Waals surface area contributed by atoms with E-state index in [1.807, 2.05) is 6.07 Å². The summed E-state index contributed by atoms with van der Waals surface area (Å²) in [6.07, 6.45) is 3.33. The van der Waals surface area contributed by atoms with E-state index in [1.54, 1.807) is 12.1 Å². The monoisotopic (exact) mass is 313 g/mol. The van der Waals surface area contributed by atoms with E-state index in [-0.39, 0.29) is 18.3 Å². The zero-order chi connectivity index (χ0) is 16.1. The van der Waals surface area contributed by atoms with Crippen LogP contribution in [0.1, 0.15) is 29.9 Å². The van der Waals surface area contributed by atoms with Crippen LogP contribution in [0.3, 0.4) is 0 Å². The first-order valence-electron chi connectivity index (χ1n) is 7.96. The molecule has 0 spiro atoms. The highest BCUT2D eigenvalue weighted by molar-refractivity contribution is 5.77. The zero-order valence-electron chi connectivity index (χ0n) is 12.9. The molecule has 1 amide bonds. The molecule has 1 unspecified atom stereocenters. The van der Waals surface area contributed by atoms with Gasteiger partial charge in [-0.15, -0.1) is 0 Å². The molecule has 0 bridgehead atoms. The van der Waals surface area contributed by atoms with Gasteiger partial charge >= 0.3 is 0 Å². The lowest BCUT2D eigenvalue weighted by atomic mass is 9.83. The molecule has 0 radical (unpaired) electrons. The van der Waals surface area contributed by atoms with Gasteiger partial charge in [0.15, 0.2) is 18.2 Å². The van der Waals surface area contributed by atoms with Gasteiger partial charge in [-0.2, -0.15) is 0 Å². The number of halogens is 1. The maximum Gasteiger partial charge on any atom is 0.257 e. The fraction of sp³-hybridized carbons (Fsp3) is 0.316. The van der Waals surface area contributed by atoms with E-state index in [4.69, 9.17) is 4.74 Å². The van der Waals surface area contributed by atoms with Crippen LogP contribution >= 0.6 is 0 Å². The molecular weight excluding hydrogens is 293 g/mol. The molecule has 0 saturated heterocycles. The number of carbonyl (C=O) groups is 1. The molecule has 2 aromatic rings. The van der Waals surface area contributed by atoms with E-state index in [1.165, 1.54) is 23.3 Å². The topological polar surface area (TPSA) is 38.3 Å².